The molecule has 0 heterocycles. The zero-order valence-corrected chi connectivity index (χ0v) is 12.5. The number of carbonyl (C=O) groups excluding carboxylic acids is 1. The van der Waals surface area contributed by atoms with Crippen LogP contribution in [-0.2, 0) is 4.79 Å². The second kappa shape index (κ2) is 7.23. The maximum atomic E-state index is 11.9. The van der Waals surface area contributed by atoms with E-state index in [9.17, 15) is 19.7 Å². The molecule has 2 aromatic rings. The Hall–Kier alpha value is -3.42. The van der Waals surface area contributed by atoms with Crippen LogP contribution in [0.5, 0.6) is 11.5 Å². The first kappa shape index (κ1) is 16.9. The smallest absolute Gasteiger partial charge is 0.352 e. The highest BCUT2D eigenvalue weighted by atomic mass is 16.6. The molecule has 0 aromatic heterocycles. The van der Waals surface area contributed by atoms with Crippen molar-refractivity contribution >= 4 is 17.6 Å². The second-order valence-electron chi connectivity index (χ2n) is 4.76. The summed E-state index contributed by atoms with van der Waals surface area (Å²) in [6, 6.07) is 10.6. The first-order valence-corrected chi connectivity index (χ1v) is 6.83. The summed E-state index contributed by atoms with van der Waals surface area (Å²) in [5.74, 6) is -1.30. The first-order valence-electron chi connectivity index (χ1n) is 6.83. The fraction of sp³-hybridized carbons (Fsp3) is 0.125. The van der Waals surface area contributed by atoms with Gasteiger partial charge < -0.3 is 14.6 Å². The zero-order chi connectivity index (χ0) is 17.7. The molecule has 0 amide bonds. The fourth-order valence-corrected chi connectivity index (χ4v) is 1.76. The maximum Gasteiger partial charge on any atom is 0.352 e. The maximum absolute atomic E-state index is 11.9. The topological polar surface area (TPSA) is 116 Å². The van der Waals surface area contributed by atoms with E-state index < -0.39 is 23.0 Å². The van der Waals surface area contributed by atoms with Gasteiger partial charge in [0.25, 0.3) is 5.69 Å². The van der Waals surface area contributed by atoms with Gasteiger partial charge in [-0.1, -0.05) is 0 Å². The van der Waals surface area contributed by atoms with Crippen molar-refractivity contribution in [1.82, 2.24) is 0 Å². The lowest BCUT2D eigenvalue weighted by Crippen LogP contribution is -2.28. The predicted octanol–water partition coefficient (Wildman–Crippen LogP) is 2.67. The molecular formula is C16H13NO7. The van der Waals surface area contributed by atoms with Crippen LogP contribution in [0.1, 0.15) is 17.3 Å². The van der Waals surface area contributed by atoms with Gasteiger partial charge in [-0.25, -0.2) is 9.59 Å². The van der Waals surface area contributed by atoms with Gasteiger partial charge in [0.05, 0.1) is 10.5 Å². The summed E-state index contributed by atoms with van der Waals surface area (Å²) >= 11 is 0. The Balaban J connectivity index is 1.96. The van der Waals surface area contributed by atoms with E-state index in [-0.39, 0.29) is 22.7 Å². The van der Waals surface area contributed by atoms with E-state index in [0.717, 1.165) is 0 Å². The van der Waals surface area contributed by atoms with Crippen LogP contribution < -0.4 is 9.47 Å². The van der Waals surface area contributed by atoms with E-state index in [1.54, 1.807) is 0 Å². The number of rotatable bonds is 6. The van der Waals surface area contributed by atoms with Crippen molar-refractivity contribution in [3.63, 3.8) is 0 Å². The van der Waals surface area contributed by atoms with Crippen molar-refractivity contribution in [1.29, 1.82) is 0 Å². The molecular weight excluding hydrogens is 318 g/mol. The number of nitro groups is 1. The highest BCUT2D eigenvalue weighted by Gasteiger charge is 2.18. The number of nitrogens with zero attached hydrogens (tertiary/aromatic N) is 1. The van der Waals surface area contributed by atoms with E-state index in [4.69, 9.17) is 14.6 Å². The van der Waals surface area contributed by atoms with Crippen molar-refractivity contribution in [2.24, 2.45) is 0 Å². The molecule has 1 N–H and O–H groups in total. The SMILES string of the molecule is CC(Oc1ccc([N+](=O)[O-])cc1)C(=O)Oc1ccc(C(=O)O)cc1. The molecule has 0 fully saturated rings. The average molecular weight is 331 g/mol. The minimum Gasteiger partial charge on any atom is -0.479 e. The third-order valence-corrected chi connectivity index (χ3v) is 3.01. The van der Waals surface area contributed by atoms with Crippen LogP contribution in [0.3, 0.4) is 0 Å². The van der Waals surface area contributed by atoms with E-state index in [0.29, 0.717) is 0 Å². The number of nitro benzene ring substituents is 1. The molecule has 0 spiro atoms. The number of benzene rings is 2. The Morgan fingerprint density at radius 2 is 1.58 bits per heavy atom. The van der Waals surface area contributed by atoms with Gasteiger partial charge in [0.1, 0.15) is 11.5 Å². The van der Waals surface area contributed by atoms with Gasteiger partial charge in [-0.2, -0.15) is 0 Å². The summed E-state index contributed by atoms with van der Waals surface area (Å²) in [5.41, 5.74) is -0.0129. The molecule has 124 valence electrons. The molecule has 8 nitrogen and oxygen atoms in total. The lowest BCUT2D eigenvalue weighted by Gasteiger charge is -2.13. The minimum absolute atomic E-state index is 0.0741. The second-order valence-corrected chi connectivity index (χ2v) is 4.76. The van der Waals surface area contributed by atoms with E-state index in [1.165, 1.54) is 55.5 Å². The predicted molar refractivity (Wildman–Crippen MR) is 82.2 cm³/mol. The van der Waals surface area contributed by atoms with Gasteiger partial charge in [0.2, 0.25) is 0 Å². The summed E-state index contributed by atoms with van der Waals surface area (Å²) in [6.07, 6.45) is -0.953. The van der Waals surface area contributed by atoms with Gasteiger partial charge in [0.15, 0.2) is 6.10 Å². The Morgan fingerprint density at radius 1 is 1.04 bits per heavy atom. The first-order chi connectivity index (χ1) is 11.4. The number of esters is 1. The van der Waals surface area contributed by atoms with Gasteiger partial charge >= 0.3 is 11.9 Å². The van der Waals surface area contributed by atoms with Gasteiger partial charge in [0, 0.05) is 12.1 Å². The highest BCUT2D eigenvalue weighted by Crippen LogP contribution is 2.19. The molecule has 0 saturated heterocycles. The molecule has 0 saturated carbocycles. The number of ether oxygens (including phenoxy) is 2. The molecule has 0 radical (unpaired) electrons. The summed E-state index contributed by atoms with van der Waals surface area (Å²) in [7, 11) is 0. The number of hydrogen-bond donors (Lipinski definition) is 1. The van der Waals surface area contributed by atoms with Gasteiger partial charge in [-0.05, 0) is 43.3 Å². The number of carbonyl (C=O) groups is 2. The van der Waals surface area contributed by atoms with E-state index in [2.05, 4.69) is 0 Å². The average Bonchev–Trinajstić information content (AvgIpc) is 2.55. The van der Waals surface area contributed by atoms with Crippen molar-refractivity contribution in [2.75, 3.05) is 0 Å². The monoisotopic (exact) mass is 331 g/mol. The summed E-state index contributed by atoms with van der Waals surface area (Å²) in [4.78, 5) is 32.7. The van der Waals surface area contributed by atoms with Crippen LogP contribution in [-0.4, -0.2) is 28.1 Å². The van der Waals surface area contributed by atoms with Crippen LogP contribution in [0, 0.1) is 10.1 Å². The van der Waals surface area contributed by atoms with Crippen molar-refractivity contribution in [3.05, 3.63) is 64.2 Å². The molecule has 1 atom stereocenters. The molecule has 1 unspecified atom stereocenters. The van der Waals surface area contributed by atoms with Crippen LogP contribution in [0.2, 0.25) is 0 Å². The Bertz CT molecular complexity index is 753. The molecule has 0 bridgehead atoms. The van der Waals surface area contributed by atoms with Gasteiger partial charge in [-0.3, -0.25) is 10.1 Å². The number of carboxylic acid groups (broad SMARTS) is 1. The molecule has 24 heavy (non-hydrogen) atoms. The lowest BCUT2D eigenvalue weighted by atomic mass is 10.2. The summed E-state index contributed by atoms with van der Waals surface area (Å²) in [5, 5.41) is 19.4. The normalized spacial score (nSPS) is 11.4. The minimum atomic E-state index is -1.08. The van der Waals surface area contributed by atoms with Crippen LogP contribution in [0.15, 0.2) is 48.5 Å². The standard InChI is InChI=1S/C16H13NO7/c1-10(23-13-8-4-12(5-9-13)17(21)22)16(20)24-14-6-2-11(3-7-14)15(18)19/h2-10H,1H3,(H,18,19). The lowest BCUT2D eigenvalue weighted by molar-refractivity contribution is -0.384. The van der Waals surface area contributed by atoms with Gasteiger partial charge in [-0.15, -0.1) is 0 Å². The molecule has 8 heteroatoms. The zero-order valence-electron chi connectivity index (χ0n) is 12.5. The summed E-state index contributed by atoms with van der Waals surface area (Å²) < 4.78 is 10.4. The number of carboxylic acids is 1. The third kappa shape index (κ3) is 4.29. The number of aromatic carboxylic acids is 1. The quantitative estimate of drug-likeness (QED) is 0.374. The fourth-order valence-electron chi connectivity index (χ4n) is 1.76. The highest BCUT2D eigenvalue weighted by molar-refractivity contribution is 5.87. The summed E-state index contributed by atoms with van der Waals surface area (Å²) in [6.45, 7) is 1.47. The molecule has 0 aliphatic carbocycles. The van der Waals surface area contributed by atoms with Crippen molar-refractivity contribution in [2.45, 2.75) is 13.0 Å². The number of hydrogen-bond acceptors (Lipinski definition) is 6. The van der Waals surface area contributed by atoms with E-state index in [1.807, 2.05) is 0 Å². The molecule has 2 aromatic carbocycles. The Kier molecular flexibility index (Phi) is 5.10. The van der Waals surface area contributed by atoms with Crippen molar-refractivity contribution in [3.8, 4) is 11.5 Å². The Labute approximate surface area is 136 Å². The van der Waals surface area contributed by atoms with Crippen LogP contribution in [0.4, 0.5) is 5.69 Å². The van der Waals surface area contributed by atoms with Crippen molar-refractivity contribution < 1.29 is 29.1 Å². The molecule has 2 rings (SSSR count). The molecule has 0 aliphatic rings. The third-order valence-electron chi connectivity index (χ3n) is 3.01. The van der Waals surface area contributed by atoms with Crippen LogP contribution >= 0.6 is 0 Å². The van der Waals surface area contributed by atoms with E-state index >= 15 is 0 Å². The Morgan fingerprint density at radius 3 is 2.08 bits per heavy atom. The molecule has 0 aliphatic heterocycles. The number of non-ortho nitro benzene ring substituents is 1. The van der Waals surface area contributed by atoms with Crippen LogP contribution in [0.25, 0.3) is 0 Å². The largest absolute Gasteiger partial charge is 0.479 e.